The summed E-state index contributed by atoms with van der Waals surface area (Å²) in [5.41, 5.74) is 0. The van der Waals surface area contributed by atoms with Crippen LogP contribution in [0.25, 0.3) is 0 Å². The van der Waals surface area contributed by atoms with Gasteiger partial charge in [-0.1, -0.05) is 25.3 Å². The number of likely N-dealkylation sites (N-methyl/N-ethyl adjacent to an activating group) is 1. The second-order valence-corrected chi connectivity index (χ2v) is 5.56. The fourth-order valence-electron chi connectivity index (χ4n) is 2.73. The van der Waals surface area contributed by atoms with Crippen molar-refractivity contribution in [1.29, 1.82) is 0 Å². The quantitative estimate of drug-likeness (QED) is 0.506. The van der Waals surface area contributed by atoms with Gasteiger partial charge in [-0.3, -0.25) is 14.5 Å². The molecule has 0 aromatic heterocycles. The third kappa shape index (κ3) is 6.29. The van der Waals surface area contributed by atoms with Crippen molar-refractivity contribution in [2.75, 3.05) is 33.3 Å². The minimum absolute atomic E-state index is 0.0630. The Bertz CT molecular complexity index is 351. The van der Waals surface area contributed by atoms with E-state index in [0.29, 0.717) is 19.2 Å². The van der Waals surface area contributed by atoms with Crippen LogP contribution in [0.3, 0.4) is 0 Å². The summed E-state index contributed by atoms with van der Waals surface area (Å²) in [6, 6.07) is 0.347. The van der Waals surface area contributed by atoms with Crippen molar-refractivity contribution in [2.45, 2.75) is 45.1 Å². The van der Waals surface area contributed by atoms with Crippen molar-refractivity contribution in [2.24, 2.45) is 0 Å². The highest BCUT2D eigenvalue weighted by Crippen LogP contribution is 2.21. The number of carbonyl (C=O) groups excluding carboxylic acids is 2. The highest BCUT2D eigenvalue weighted by atomic mass is 16.5. The lowest BCUT2D eigenvalue weighted by Crippen LogP contribution is -2.45. The summed E-state index contributed by atoms with van der Waals surface area (Å²) in [6.07, 6.45) is 7.53. The lowest BCUT2D eigenvalue weighted by molar-refractivity contribution is -0.145. The van der Waals surface area contributed by atoms with Crippen LogP contribution in [0.2, 0.25) is 0 Å². The molecule has 21 heavy (non-hydrogen) atoms. The van der Waals surface area contributed by atoms with Crippen LogP contribution in [0.4, 0.5) is 0 Å². The van der Waals surface area contributed by atoms with Gasteiger partial charge in [-0.2, -0.15) is 0 Å². The van der Waals surface area contributed by atoms with Crippen LogP contribution in [0, 0.1) is 0 Å². The van der Waals surface area contributed by atoms with Crippen molar-refractivity contribution in [3.05, 3.63) is 12.7 Å². The monoisotopic (exact) mass is 296 g/mol. The molecule has 0 saturated heterocycles. The maximum Gasteiger partial charge on any atom is 0.320 e. The molecule has 5 heteroatoms. The second-order valence-electron chi connectivity index (χ2n) is 5.56. The van der Waals surface area contributed by atoms with Gasteiger partial charge in [0.15, 0.2) is 0 Å². The molecule has 0 heterocycles. The first-order valence-corrected chi connectivity index (χ1v) is 7.83. The number of hydrogen-bond donors (Lipinski definition) is 0. The van der Waals surface area contributed by atoms with Gasteiger partial charge in [-0.05, 0) is 19.8 Å². The molecule has 0 N–H and O–H groups in total. The normalized spacial score (nSPS) is 15.8. The van der Waals surface area contributed by atoms with E-state index in [0.717, 1.165) is 12.8 Å². The van der Waals surface area contributed by atoms with Crippen molar-refractivity contribution in [3.63, 3.8) is 0 Å². The van der Waals surface area contributed by atoms with Crippen LogP contribution in [0.1, 0.15) is 39.0 Å². The molecule has 1 aliphatic carbocycles. The van der Waals surface area contributed by atoms with Crippen LogP contribution in [-0.2, 0) is 14.3 Å². The Morgan fingerprint density at radius 3 is 2.48 bits per heavy atom. The Morgan fingerprint density at radius 2 is 1.90 bits per heavy atom. The third-order valence-corrected chi connectivity index (χ3v) is 3.92. The first-order valence-electron chi connectivity index (χ1n) is 7.83. The summed E-state index contributed by atoms with van der Waals surface area (Å²) in [4.78, 5) is 27.5. The van der Waals surface area contributed by atoms with E-state index in [1.165, 1.54) is 19.3 Å². The van der Waals surface area contributed by atoms with Gasteiger partial charge in [0, 0.05) is 19.6 Å². The average Bonchev–Trinajstić information content (AvgIpc) is 2.47. The number of hydrogen-bond acceptors (Lipinski definition) is 4. The van der Waals surface area contributed by atoms with Gasteiger partial charge in [0.05, 0.1) is 19.7 Å². The minimum atomic E-state index is -0.299. The highest BCUT2D eigenvalue weighted by molar-refractivity contribution is 5.79. The standard InChI is InChI=1S/C16H28N2O3/c1-4-11-18(13-16(20)21-5-2)12-15(19)17(3)14-9-7-6-8-10-14/h4,14H,1,5-13H2,2-3H3. The molecule has 120 valence electrons. The summed E-state index contributed by atoms with van der Waals surface area (Å²) < 4.78 is 4.94. The van der Waals surface area contributed by atoms with E-state index in [-0.39, 0.29) is 25.0 Å². The second kappa shape index (κ2) is 9.55. The summed E-state index contributed by atoms with van der Waals surface area (Å²) in [5, 5.41) is 0. The number of nitrogens with zero attached hydrogens (tertiary/aromatic N) is 2. The lowest BCUT2D eigenvalue weighted by atomic mass is 9.94. The van der Waals surface area contributed by atoms with Crippen molar-refractivity contribution in [3.8, 4) is 0 Å². The number of amides is 1. The molecule has 1 amide bonds. The van der Waals surface area contributed by atoms with E-state index in [9.17, 15) is 9.59 Å². The summed E-state index contributed by atoms with van der Waals surface area (Å²) >= 11 is 0. The first-order chi connectivity index (χ1) is 10.1. The zero-order chi connectivity index (χ0) is 15.7. The van der Waals surface area contributed by atoms with E-state index in [1.807, 2.05) is 11.9 Å². The number of carbonyl (C=O) groups is 2. The zero-order valence-electron chi connectivity index (χ0n) is 13.3. The number of rotatable bonds is 8. The van der Waals surface area contributed by atoms with Gasteiger partial charge in [-0.25, -0.2) is 0 Å². The molecular formula is C16H28N2O3. The Hall–Kier alpha value is -1.36. The maximum absolute atomic E-state index is 12.4. The molecule has 1 saturated carbocycles. The van der Waals surface area contributed by atoms with E-state index in [4.69, 9.17) is 4.74 Å². The largest absolute Gasteiger partial charge is 0.465 e. The van der Waals surface area contributed by atoms with E-state index in [2.05, 4.69) is 6.58 Å². The molecule has 5 nitrogen and oxygen atoms in total. The zero-order valence-corrected chi connectivity index (χ0v) is 13.3. The van der Waals surface area contributed by atoms with Crippen LogP contribution in [0.5, 0.6) is 0 Å². The van der Waals surface area contributed by atoms with Gasteiger partial charge in [-0.15, -0.1) is 6.58 Å². The lowest BCUT2D eigenvalue weighted by Gasteiger charge is -2.32. The molecule has 0 unspecified atom stereocenters. The first kappa shape index (κ1) is 17.7. The Labute approximate surface area is 127 Å². The van der Waals surface area contributed by atoms with Gasteiger partial charge < -0.3 is 9.64 Å². The van der Waals surface area contributed by atoms with Gasteiger partial charge >= 0.3 is 5.97 Å². The van der Waals surface area contributed by atoms with Crippen molar-refractivity contribution in [1.82, 2.24) is 9.80 Å². The maximum atomic E-state index is 12.4. The van der Waals surface area contributed by atoms with E-state index < -0.39 is 0 Å². The topological polar surface area (TPSA) is 49.9 Å². The molecule has 0 aromatic carbocycles. The van der Waals surface area contributed by atoms with E-state index in [1.54, 1.807) is 17.9 Å². The van der Waals surface area contributed by atoms with Crippen LogP contribution in [0.15, 0.2) is 12.7 Å². The van der Waals surface area contributed by atoms with Crippen molar-refractivity contribution >= 4 is 11.9 Å². The summed E-state index contributed by atoms with van der Waals surface area (Å²) in [7, 11) is 1.87. The van der Waals surface area contributed by atoms with Gasteiger partial charge in [0.2, 0.25) is 5.91 Å². The molecular weight excluding hydrogens is 268 g/mol. The molecule has 1 rings (SSSR count). The smallest absolute Gasteiger partial charge is 0.320 e. The number of ether oxygens (including phenoxy) is 1. The predicted octanol–water partition coefficient (Wildman–Crippen LogP) is 1.83. The van der Waals surface area contributed by atoms with Gasteiger partial charge in [0.1, 0.15) is 0 Å². The van der Waals surface area contributed by atoms with Crippen LogP contribution < -0.4 is 0 Å². The molecule has 1 aliphatic rings. The fourth-order valence-corrected chi connectivity index (χ4v) is 2.73. The molecule has 0 aliphatic heterocycles. The molecule has 1 fully saturated rings. The molecule has 0 spiro atoms. The summed E-state index contributed by atoms with van der Waals surface area (Å²) in [6.45, 7) is 6.68. The molecule has 0 aromatic rings. The van der Waals surface area contributed by atoms with Gasteiger partial charge in [0.25, 0.3) is 0 Å². The highest BCUT2D eigenvalue weighted by Gasteiger charge is 2.24. The summed E-state index contributed by atoms with van der Waals surface area (Å²) in [5.74, 6) is -0.236. The Morgan fingerprint density at radius 1 is 1.24 bits per heavy atom. The minimum Gasteiger partial charge on any atom is -0.465 e. The predicted molar refractivity (Wildman–Crippen MR) is 82.9 cm³/mol. The van der Waals surface area contributed by atoms with Crippen LogP contribution in [-0.4, -0.2) is 61.0 Å². The SMILES string of the molecule is C=CCN(CC(=O)OCC)CC(=O)N(C)C1CCCCC1. The fraction of sp³-hybridized carbons (Fsp3) is 0.750. The third-order valence-electron chi connectivity index (χ3n) is 3.92. The van der Waals surface area contributed by atoms with Crippen molar-refractivity contribution < 1.29 is 14.3 Å². The molecule has 0 bridgehead atoms. The Balaban J connectivity index is 2.49. The molecule has 0 radical (unpaired) electrons. The average molecular weight is 296 g/mol. The molecule has 0 atom stereocenters. The number of esters is 1. The van der Waals surface area contributed by atoms with Crippen LogP contribution >= 0.6 is 0 Å². The van der Waals surface area contributed by atoms with E-state index >= 15 is 0 Å². The Kier molecular flexibility index (Phi) is 8.05.